The molecule has 0 spiro atoms. The topological polar surface area (TPSA) is 48.1 Å². The number of pyridine rings is 1. The van der Waals surface area contributed by atoms with Gasteiger partial charge >= 0.3 is 0 Å². The van der Waals surface area contributed by atoms with Crippen molar-refractivity contribution in [2.24, 2.45) is 0 Å². The molecular formula is C13H21BrN2O. The third-order valence-corrected chi connectivity index (χ3v) is 3.17. The average molecular weight is 301 g/mol. The fourth-order valence-electron chi connectivity index (χ4n) is 1.63. The number of nitrogens with zero attached hydrogens (tertiary/aromatic N) is 1. The predicted molar refractivity (Wildman–Crippen MR) is 75.2 cm³/mol. The zero-order valence-electron chi connectivity index (χ0n) is 10.6. The Bertz CT molecular complexity index is 344. The van der Waals surface area contributed by atoms with Crippen molar-refractivity contribution in [1.82, 2.24) is 4.98 Å². The van der Waals surface area contributed by atoms with Gasteiger partial charge in [-0.05, 0) is 41.8 Å². The van der Waals surface area contributed by atoms with Gasteiger partial charge in [0, 0.05) is 0 Å². The molecule has 1 aromatic heterocycles. The summed E-state index contributed by atoms with van der Waals surface area (Å²) >= 11 is 3.40. The third kappa shape index (κ3) is 5.39. The molecule has 0 radical (unpaired) electrons. The van der Waals surface area contributed by atoms with E-state index < -0.39 is 0 Å². The summed E-state index contributed by atoms with van der Waals surface area (Å²) in [7, 11) is 0. The number of halogens is 1. The molecule has 0 aliphatic carbocycles. The van der Waals surface area contributed by atoms with Crippen LogP contribution in [0, 0.1) is 0 Å². The van der Waals surface area contributed by atoms with E-state index in [2.05, 4.69) is 34.8 Å². The molecule has 0 aromatic carbocycles. The van der Waals surface area contributed by atoms with E-state index in [1.54, 1.807) is 6.20 Å². The molecule has 96 valence electrons. The molecular weight excluding hydrogens is 280 g/mol. The molecule has 1 heterocycles. The van der Waals surface area contributed by atoms with Gasteiger partial charge in [0.15, 0.2) is 0 Å². The van der Waals surface area contributed by atoms with Gasteiger partial charge in [0.05, 0.1) is 22.5 Å². The first kappa shape index (κ1) is 14.3. The van der Waals surface area contributed by atoms with Crippen LogP contribution in [0.3, 0.4) is 0 Å². The lowest BCUT2D eigenvalue weighted by Crippen LogP contribution is -2.12. The van der Waals surface area contributed by atoms with Crippen molar-refractivity contribution < 1.29 is 4.74 Å². The molecule has 0 saturated carbocycles. The molecule has 1 unspecified atom stereocenters. The number of hydrogen-bond acceptors (Lipinski definition) is 3. The SMILES string of the molecule is CCCCCCC(C)Oc1ncc(N)cc1Br. The normalized spacial score (nSPS) is 12.4. The molecule has 2 N–H and O–H groups in total. The first-order valence-corrected chi connectivity index (χ1v) is 7.00. The Morgan fingerprint density at radius 2 is 2.18 bits per heavy atom. The van der Waals surface area contributed by atoms with Crippen LogP contribution in [0.1, 0.15) is 46.0 Å². The molecule has 17 heavy (non-hydrogen) atoms. The second kappa shape index (κ2) is 7.54. The van der Waals surface area contributed by atoms with Crippen LogP contribution in [0.25, 0.3) is 0 Å². The summed E-state index contributed by atoms with van der Waals surface area (Å²) in [5.41, 5.74) is 6.26. The number of ether oxygens (including phenoxy) is 1. The van der Waals surface area contributed by atoms with Gasteiger partial charge < -0.3 is 10.5 Å². The van der Waals surface area contributed by atoms with Crippen LogP contribution in [0.5, 0.6) is 5.88 Å². The largest absolute Gasteiger partial charge is 0.474 e. The molecule has 0 bridgehead atoms. The van der Waals surface area contributed by atoms with Crippen LogP contribution in [0.2, 0.25) is 0 Å². The molecule has 0 amide bonds. The summed E-state index contributed by atoms with van der Waals surface area (Å²) in [6, 6.07) is 1.81. The lowest BCUT2D eigenvalue weighted by molar-refractivity contribution is 0.197. The minimum atomic E-state index is 0.194. The molecule has 1 aromatic rings. The third-order valence-electron chi connectivity index (χ3n) is 2.61. The Kier molecular flexibility index (Phi) is 6.34. The van der Waals surface area contributed by atoms with Gasteiger partial charge in [0.1, 0.15) is 0 Å². The highest BCUT2D eigenvalue weighted by atomic mass is 79.9. The van der Waals surface area contributed by atoms with Gasteiger partial charge in [-0.25, -0.2) is 4.98 Å². The summed E-state index contributed by atoms with van der Waals surface area (Å²) in [5, 5.41) is 0. The molecule has 0 aliphatic heterocycles. The Morgan fingerprint density at radius 1 is 1.41 bits per heavy atom. The Hall–Kier alpha value is -0.770. The molecule has 0 aliphatic rings. The summed E-state index contributed by atoms with van der Waals surface area (Å²) < 4.78 is 6.58. The van der Waals surface area contributed by atoms with Crippen molar-refractivity contribution in [2.75, 3.05) is 5.73 Å². The minimum absolute atomic E-state index is 0.194. The fraction of sp³-hybridized carbons (Fsp3) is 0.615. The van der Waals surface area contributed by atoms with Crippen LogP contribution in [-0.2, 0) is 0 Å². The van der Waals surface area contributed by atoms with Crippen molar-refractivity contribution in [3.8, 4) is 5.88 Å². The van der Waals surface area contributed by atoms with Gasteiger partial charge in [-0.2, -0.15) is 0 Å². The van der Waals surface area contributed by atoms with Crippen molar-refractivity contribution in [1.29, 1.82) is 0 Å². The highest BCUT2D eigenvalue weighted by Gasteiger charge is 2.08. The molecule has 1 rings (SSSR count). The summed E-state index contributed by atoms with van der Waals surface area (Å²) in [4.78, 5) is 4.17. The van der Waals surface area contributed by atoms with Crippen molar-refractivity contribution in [2.45, 2.75) is 52.1 Å². The van der Waals surface area contributed by atoms with Crippen LogP contribution in [0.15, 0.2) is 16.7 Å². The van der Waals surface area contributed by atoms with Gasteiger partial charge in [-0.3, -0.25) is 0 Å². The maximum Gasteiger partial charge on any atom is 0.228 e. The highest BCUT2D eigenvalue weighted by molar-refractivity contribution is 9.10. The number of rotatable bonds is 7. The second-order valence-corrected chi connectivity index (χ2v) is 5.19. The number of nitrogen functional groups attached to an aromatic ring is 1. The number of unbranched alkanes of at least 4 members (excludes halogenated alkanes) is 3. The van der Waals surface area contributed by atoms with Crippen molar-refractivity contribution >= 4 is 21.6 Å². The van der Waals surface area contributed by atoms with E-state index in [4.69, 9.17) is 10.5 Å². The molecule has 0 fully saturated rings. The van der Waals surface area contributed by atoms with Gasteiger partial charge in [0.2, 0.25) is 5.88 Å². The highest BCUT2D eigenvalue weighted by Crippen LogP contribution is 2.25. The molecule has 1 atom stereocenters. The number of anilines is 1. The number of hydrogen-bond donors (Lipinski definition) is 1. The van der Waals surface area contributed by atoms with Crippen LogP contribution >= 0.6 is 15.9 Å². The molecule has 0 saturated heterocycles. The summed E-state index contributed by atoms with van der Waals surface area (Å²) in [6.07, 6.45) is 7.93. The minimum Gasteiger partial charge on any atom is -0.474 e. The summed E-state index contributed by atoms with van der Waals surface area (Å²) in [6.45, 7) is 4.30. The maximum atomic E-state index is 5.77. The van der Waals surface area contributed by atoms with E-state index in [0.29, 0.717) is 11.6 Å². The first-order chi connectivity index (χ1) is 8.13. The van der Waals surface area contributed by atoms with Gasteiger partial charge in [-0.1, -0.05) is 26.2 Å². The van der Waals surface area contributed by atoms with Crippen molar-refractivity contribution in [3.05, 3.63) is 16.7 Å². The van der Waals surface area contributed by atoms with E-state index in [-0.39, 0.29) is 6.10 Å². The Labute approximate surface area is 112 Å². The Morgan fingerprint density at radius 3 is 2.82 bits per heavy atom. The Balaban J connectivity index is 2.37. The smallest absolute Gasteiger partial charge is 0.228 e. The lowest BCUT2D eigenvalue weighted by Gasteiger charge is -2.14. The van der Waals surface area contributed by atoms with E-state index in [0.717, 1.165) is 10.9 Å². The number of nitrogens with two attached hydrogens (primary N) is 1. The lowest BCUT2D eigenvalue weighted by atomic mass is 10.1. The van der Waals surface area contributed by atoms with Gasteiger partial charge in [-0.15, -0.1) is 0 Å². The van der Waals surface area contributed by atoms with E-state index in [1.807, 2.05) is 6.07 Å². The van der Waals surface area contributed by atoms with E-state index >= 15 is 0 Å². The van der Waals surface area contributed by atoms with Crippen LogP contribution in [0.4, 0.5) is 5.69 Å². The predicted octanol–water partition coefficient (Wildman–Crippen LogP) is 4.16. The quantitative estimate of drug-likeness (QED) is 0.769. The van der Waals surface area contributed by atoms with Crippen LogP contribution < -0.4 is 10.5 Å². The first-order valence-electron chi connectivity index (χ1n) is 6.21. The zero-order chi connectivity index (χ0) is 12.7. The average Bonchev–Trinajstić information content (AvgIpc) is 2.28. The van der Waals surface area contributed by atoms with Crippen LogP contribution in [-0.4, -0.2) is 11.1 Å². The van der Waals surface area contributed by atoms with Crippen molar-refractivity contribution in [3.63, 3.8) is 0 Å². The van der Waals surface area contributed by atoms with Gasteiger partial charge in [0.25, 0.3) is 0 Å². The zero-order valence-corrected chi connectivity index (χ0v) is 12.2. The fourth-order valence-corrected chi connectivity index (χ4v) is 2.10. The van der Waals surface area contributed by atoms with E-state index in [1.165, 1.54) is 25.7 Å². The molecule has 3 nitrogen and oxygen atoms in total. The molecule has 4 heteroatoms. The maximum absolute atomic E-state index is 5.77. The van der Waals surface area contributed by atoms with E-state index in [9.17, 15) is 0 Å². The summed E-state index contributed by atoms with van der Waals surface area (Å²) in [5.74, 6) is 0.627. The second-order valence-electron chi connectivity index (χ2n) is 4.33. The number of aromatic nitrogens is 1. The monoisotopic (exact) mass is 300 g/mol. The standard InChI is InChI=1S/C13H21BrN2O/c1-3-4-5-6-7-10(2)17-13-12(14)8-11(15)9-16-13/h8-10H,3-7,15H2,1-2H3.